The number of sulfonamides is 1. The van der Waals surface area contributed by atoms with E-state index in [1.54, 1.807) is 44.2 Å². The van der Waals surface area contributed by atoms with Crippen molar-refractivity contribution < 1.29 is 35.9 Å². The molecule has 186 valence electrons. The first-order chi connectivity index (χ1) is 16.5. The van der Waals surface area contributed by atoms with Crippen LogP contribution in [-0.4, -0.2) is 31.8 Å². The SMILES string of the molecule is CCN(Sc1ccc(Oc2ccc(C(F)(F)F)cc2)cc1)S(=O)(=O)c1ccc(C)c(C(=O)OC)c1. The van der Waals surface area contributed by atoms with Crippen molar-refractivity contribution >= 4 is 27.9 Å². The fourth-order valence-corrected chi connectivity index (χ4v) is 5.64. The number of methoxy groups -OCH3 is 1. The lowest BCUT2D eigenvalue weighted by Gasteiger charge is -2.20. The molecule has 0 aliphatic carbocycles. The third-order valence-electron chi connectivity index (χ3n) is 4.89. The molecule has 3 aromatic rings. The van der Waals surface area contributed by atoms with Gasteiger partial charge in [-0.05, 0) is 85.1 Å². The van der Waals surface area contributed by atoms with Gasteiger partial charge in [0.25, 0.3) is 10.0 Å². The lowest BCUT2D eigenvalue weighted by atomic mass is 10.1. The molecule has 3 rings (SSSR count). The number of rotatable bonds is 8. The summed E-state index contributed by atoms with van der Waals surface area (Å²) in [6.07, 6.45) is -4.43. The molecular weight excluding hydrogens is 503 g/mol. The van der Waals surface area contributed by atoms with Crippen molar-refractivity contribution in [3.8, 4) is 11.5 Å². The van der Waals surface area contributed by atoms with Crippen molar-refractivity contribution in [1.29, 1.82) is 0 Å². The van der Waals surface area contributed by atoms with Gasteiger partial charge in [0.05, 0.1) is 23.1 Å². The number of carbonyl (C=O) groups excluding carboxylic acids is 1. The van der Waals surface area contributed by atoms with Crippen molar-refractivity contribution in [2.75, 3.05) is 13.7 Å². The molecule has 35 heavy (non-hydrogen) atoms. The minimum atomic E-state index is -4.43. The van der Waals surface area contributed by atoms with E-state index in [1.807, 2.05) is 0 Å². The highest BCUT2D eigenvalue weighted by molar-refractivity contribution is 8.08. The maximum atomic E-state index is 13.2. The van der Waals surface area contributed by atoms with E-state index in [1.165, 1.54) is 35.1 Å². The van der Waals surface area contributed by atoms with Crippen LogP contribution in [0.5, 0.6) is 11.5 Å². The summed E-state index contributed by atoms with van der Waals surface area (Å²) in [4.78, 5) is 12.5. The van der Waals surface area contributed by atoms with E-state index in [2.05, 4.69) is 0 Å². The molecule has 3 aromatic carbocycles. The number of esters is 1. The van der Waals surface area contributed by atoms with E-state index >= 15 is 0 Å². The molecule has 0 unspecified atom stereocenters. The molecule has 0 N–H and O–H groups in total. The first kappa shape index (κ1) is 26.6. The normalized spacial score (nSPS) is 12.0. The molecule has 0 saturated heterocycles. The van der Waals surface area contributed by atoms with E-state index in [9.17, 15) is 26.4 Å². The summed E-state index contributed by atoms with van der Waals surface area (Å²) in [6.45, 7) is 3.52. The summed E-state index contributed by atoms with van der Waals surface area (Å²) in [5.74, 6) is -0.0166. The Morgan fingerprint density at radius 1 is 0.971 bits per heavy atom. The summed E-state index contributed by atoms with van der Waals surface area (Å²) in [7, 11) is -2.72. The molecule has 11 heteroatoms. The van der Waals surface area contributed by atoms with E-state index in [-0.39, 0.29) is 22.8 Å². The predicted molar refractivity (Wildman–Crippen MR) is 126 cm³/mol. The van der Waals surface area contributed by atoms with Gasteiger partial charge in [-0.1, -0.05) is 13.0 Å². The zero-order valence-electron chi connectivity index (χ0n) is 19.0. The number of hydrogen-bond donors (Lipinski definition) is 0. The van der Waals surface area contributed by atoms with Gasteiger partial charge in [0, 0.05) is 11.4 Å². The second-order valence-electron chi connectivity index (χ2n) is 7.28. The lowest BCUT2D eigenvalue weighted by Crippen LogP contribution is -2.24. The Balaban J connectivity index is 1.75. The molecule has 0 spiro atoms. The summed E-state index contributed by atoms with van der Waals surface area (Å²) in [6, 6.07) is 15.0. The van der Waals surface area contributed by atoms with Crippen LogP contribution < -0.4 is 4.74 Å². The maximum absolute atomic E-state index is 13.2. The van der Waals surface area contributed by atoms with Crippen LogP contribution in [0.1, 0.15) is 28.4 Å². The average Bonchev–Trinajstić information content (AvgIpc) is 2.82. The highest BCUT2D eigenvalue weighted by Gasteiger charge is 2.30. The van der Waals surface area contributed by atoms with E-state index in [0.29, 0.717) is 16.2 Å². The molecular formula is C24H22F3NO5S2. The molecule has 0 atom stereocenters. The third-order valence-corrected chi connectivity index (χ3v) is 8.29. The van der Waals surface area contributed by atoms with Crippen LogP contribution in [0, 0.1) is 6.92 Å². The Morgan fingerprint density at radius 3 is 2.06 bits per heavy atom. The van der Waals surface area contributed by atoms with Gasteiger partial charge < -0.3 is 9.47 Å². The van der Waals surface area contributed by atoms with Crippen LogP contribution in [0.15, 0.2) is 76.5 Å². The van der Waals surface area contributed by atoms with Crippen molar-refractivity contribution in [3.05, 3.63) is 83.4 Å². The molecule has 0 aliphatic rings. The maximum Gasteiger partial charge on any atom is 0.416 e. The number of hydrogen-bond acceptors (Lipinski definition) is 6. The molecule has 0 bridgehead atoms. The first-order valence-electron chi connectivity index (χ1n) is 10.3. The molecule has 0 aromatic heterocycles. The molecule has 0 heterocycles. The van der Waals surface area contributed by atoms with Crippen LogP contribution in [0.3, 0.4) is 0 Å². The predicted octanol–water partition coefficient (Wildman–Crippen LogP) is 6.31. The Kier molecular flexibility index (Phi) is 8.14. The number of benzene rings is 3. The lowest BCUT2D eigenvalue weighted by molar-refractivity contribution is -0.137. The molecule has 0 amide bonds. The fraction of sp³-hybridized carbons (Fsp3) is 0.208. The minimum absolute atomic E-state index is 0.0416. The summed E-state index contributed by atoms with van der Waals surface area (Å²) >= 11 is 0.983. The van der Waals surface area contributed by atoms with E-state index < -0.39 is 27.7 Å². The van der Waals surface area contributed by atoms with Crippen LogP contribution in [0.25, 0.3) is 0 Å². The van der Waals surface area contributed by atoms with Gasteiger partial charge in [0.15, 0.2) is 0 Å². The van der Waals surface area contributed by atoms with Crippen molar-refractivity contribution in [2.24, 2.45) is 0 Å². The Labute approximate surface area is 205 Å². The van der Waals surface area contributed by atoms with Crippen LogP contribution in [0.2, 0.25) is 0 Å². The highest BCUT2D eigenvalue weighted by atomic mass is 32.3. The fourth-order valence-electron chi connectivity index (χ4n) is 3.03. The van der Waals surface area contributed by atoms with Gasteiger partial charge in [-0.2, -0.15) is 13.2 Å². The first-order valence-corrected chi connectivity index (χ1v) is 12.5. The Morgan fingerprint density at radius 2 is 1.54 bits per heavy atom. The molecule has 6 nitrogen and oxygen atoms in total. The number of carbonyl (C=O) groups is 1. The van der Waals surface area contributed by atoms with Gasteiger partial charge in [-0.15, -0.1) is 3.71 Å². The van der Waals surface area contributed by atoms with Gasteiger partial charge in [-0.25, -0.2) is 13.2 Å². The second kappa shape index (κ2) is 10.7. The summed E-state index contributed by atoms with van der Waals surface area (Å²) in [5, 5.41) is 0. The second-order valence-corrected chi connectivity index (χ2v) is 10.5. The molecule has 0 saturated carbocycles. The smallest absolute Gasteiger partial charge is 0.416 e. The zero-order valence-corrected chi connectivity index (χ0v) is 20.6. The number of halogens is 3. The van der Waals surface area contributed by atoms with Crippen molar-refractivity contribution in [1.82, 2.24) is 3.71 Å². The number of alkyl halides is 3. The summed E-state index contributed by atoms with van der Waals surface area (Å²) < 4.78 is 76.0. The Bertz CT molecular complexity index is 1290. The number of nitrogens with zero attached hydrogens (tertiary/aromatic N) is 1. The molecule has 0 aliphatic heterocycles. The highest BCUT2D eigenvalue weighted by Crippen LogP contribution is 2.33. The molecule has 0 radical (unpaired) electrons. The minimum Gasteiger partial charge on any atom is -0.465 e. The van der Waals surface area contributed by atoms with Gasteiger partial charge in [-0.3, -0.25) is 0 Å². The number of aryl methyl sites for hydroxylation is 1. The zero-order chi connectivity index (χ0) is 25.8. The van der Waals surface area contributed by atoms with Crippen molar-refractivity contribution in [2.45, 2.75) is 29.8 Å². The largest absolute Gasteiger partial charge is 0.465 e. The van der Waals surface area contributed by atoms with E-state index in [0.717, 1.165) is 24.1 Å². The van der Waals surface area contributed by atoms with Crippen LogP contribution in [0.4, 0.5) is 13.2 Å². The Hall–Kier alpha value is -3.02. The third kappa shape index (κ3) is 6.36. The topological polar surface area (TPSA) is 72.9 Å². The summed E-state index contributed by atoms with van der Waals surface area (Å²) in [5.41, 5.74) is -0.0146. The van der Waals surface area contributed by atoms with E-state index in [4.69, 9.17) is 9.47 Å². The average molecular weight is 526 g/mol. The van der Waals surface area contributed by atoms with Gasteiger partial charge >= 0.3 is 12.1 Å². The molecule has 0 fully saturated rings. The van der Waals surface area contributed by atoms with Crippen LogP contribution >= 0.6 is 11.9 Å². The standard InChI is InChI=1S/C24H22F3NO5S2/c1-4-28(35(30,31)21-14-5-16(2)22(15-21)23(29)32-3)34-20-12-10-19(11-13-20)33-18-8-6-17(7-9-18)24(25,26)27/h5-15H,4H2,1-3H3. The van der Waals surface area contributed by atoms with Crippen molar-refractivity contribution in [3.63, 3.8) is 0 Å². The van der Waals surface area contributed by atoms with Crippen LogP contribution in [-0.2, 0) is 20.9 Å². The quantitative estimate of drug-likeness (QED) is 0.254. The monoisotopic (exact) mass is 525 g/mol. The van der Waals surface area contributed by atoms with Gasteiger partial charge in [0.1, 0.15) is 11.5 Å². The van der Waals surface area contributed by atoms with Gasteiger partial charge in [0.2, 0.25) is 0 Å². The number of ether oxygens (including phenoxy) is 2.